The Balaban J connectivity index is 2.00. The third-order valence-electron chi connectivity index (χ3n) is 1.84. The van der Waals surface area contributed by atoms with Crippen molar-refractivity contribution in [2.75, 3.05) is 33.7 Å². The third-order valence-corrected chi connectivity index (χ3v) is 1.84. The zero-order chi connectivity index (χ0) is 9.68. The second kappa shape index (κ2) is 5.04. The van der Waals surface area contributed by atoms with Crippen LogP contribution in [-0.4, -0.2) is 50.8 Å². The Morgan fingerprint density at radius 1 is 1.69 bits per heavy atom. The minimum atomic E-state index is -0.00338. The van der Waals surface area contributed by atoms with Crippen molar-refractivity contribution in [1.29, 1.82) is 0 Å². The molecule has 0 aromatic rings. The maximum absolute atomic E-state index is 5.60. The van der Waals surface area contributed by atoms with Crippen LogP contribution in [0.25, 0.3) is 0 Å². The molecule has 1 aliphatic rings. The summed E-state index contributed by atoms with van der Waals surface area (Å²) < 4.78 is 0. The van der Waals surface area contributed by atoms with Crippen molar-refractivity contribution < 1.29 is 0 Å². The van der Waals surface area contributed by atoms with Gasteiger partial charge in [0.1, 0.15) is 0 Å². The van der Waals surface area contributed by atoms with Gasteiger partial charge in [-0.15, -0.1) is 0 Å². The zero-order valence-electron chi connectivity index (χ0n) is 8.38. The van der Waals surface area contributed by atoms with E-state index in [9.17, 15) is 0 Å². The zero-order valence-corrected chi connectivity index (χ0v) is 8.38. The van der Waals surface area contributed by atoms with Gasteiger partial charge in [-0.3, -0.25) is 0 Å². The number of nitrogens with zero attached hydrogens (tertiary/aromatic N) is 2. The molecule has 0 saturated heterocycles. The Kier molecular flexibility index (Phi) is 3.98. The molecule has 0 aromatic heterocycles. The summed E-state index contributed by atoms with van der Waals surface area (Å²) in [5.41, 5.74) is 5.60. The van der Waals surface area contributed by atoms with E-state index in [2.05, 4.69) is 34.6 Å². The first-order valence-corrected chi connectivity index (χ1v) is 4.63. The maximum atomic E-state index is 5.60. The molecule has 1 unspecified atom stereocenters. The summed E-state index contributed by atoms with van der Waals surface area (Å²) in [7, 11) is 4.14. The summed E-state index contributed by atoms with van der Waals surface area (Å²) in [5, 5.41) is 6.24. The fourth-order valence-electron chi connectivity index (χ4n) is 1.17. The molecule has 13 heavy (non-hydrogen) atoms. The van der Waals surface area contributed by atoms with Crippen LogP contribution < -0.4 is 16.4 Å². The van der Waals surface area contributed by atoms with E-state index in [4.69, 9.17) is 5.73 Å². The van der Waals surface area contributed by atoms with Crippen LogP contribution in [-0.2, 0) is 0 Å². The minimum absolute atomic E-state index is 0.00338. The van der Waals surface area contributed by atoms with Crippen LogP contribution in [0.3, 0.4) is 0 Å². The van der Waals surface area contributed by atoms with E-state index < -0.39 is 0 Å². The largest absolute Gasteiger partial charge is 0.356 e. The fourth-order valence-corrected chi connectivity index (χ4v) is 1.17. The van der Waals surface area contributed by atoms with Gasteiger partial charge in [-0.25, -0.2) is 4.99 Å². The maximum Gasteiger partial charge on any atom is 0.192 e. The normalized spacial score (nSPS) is 21.5. The first kappa shape index (κ1) is 10.3. The van der Waals surface area contributed by atoms with Crippen LogP contribution in [0.2, 0.25) is 0 Å². The topological polar surface area (TPSA) is 65.7 Å². The average molecular weight is 185 g/mol. The molecule has 5 nitrogen and oxygen atoms in total. The summed E-state index contributed by atoms with van der Waals surface area (Å²) >= 11 is 0. The minimum Gasteiger partial charge on any atom is -0.356 e. The van der Waals surface area contributed by atoms with Crippen molar-refractivity contribution in [3.05, 3.63) is 0 Å². The van der Waals surface area contributed by atoms with Crippen LogP contribution in [0.15, 0.2) is 4.99 Å². The molecule has 0 fully saturated rings. The highest BCUT2D eigenvalue weighted by molar-refractivity contribution is 5.81. The molecule has 76 valence electrons. The third kappa shape index (κ3) is 4.10. The molecule has 0 amide bonds. The second-order valence-corrected chi connectivity index (χ2v) is 3.52. The van der Waals surface area contributed by atoms with Gasteiger partial charge in [0.25, 0.3) is 0 Å². The summed E-state index contributed by atoms with van der Waals surface area (Å²) in [5.74, 6) is 0.839. The van der Waals surface area contributed by atoms with Crippen molar-refractivity contribution in [3.8, 4) is 0 Å². The molecular formula is C8H19N5. The van der Waals surface area contributed by atoms with Gasteiger partial charge in [-0.05, 0) is 27.1 Å². The number of hydrogen-bond donors (Lipinski definition) is 3. The number of aliphatic imine (C=N–C) groups is 1. The summed E-state index contributed by atoms with van der Waals surface area (Å²) in [4.78, 5) is 6.35. The lowest BCUT2D eigenvalue weighted by Crippen LogP contribution is -2.43. The van der Waals surface area contributed by atoms with E-state index in [1.54, 1.807) is 0 Å². The van der Waals surface area contributed by atoms with Crippen LogP contribution in [0.4, 0.5) is 0 Å². The van der Waals surface area contributed by atoms with Crippen LogP contribution in [0.5, 0.6) is 0 Å². The van der Waals surface area contributed by atoms with E-state index >= 15 is 0 Å². The standard InChI is InChI=1S/C8H19N5/c1-13(2)5-3-4-10-8-11-6-7(9)12-8/h7H,3-6,9H2,1-2H3,(H2,10,11,12). The van der Waals surface area contributed by atoms with Crippen LogP contribution in [0, 0.1) is 0 Å². The van der Waals surface area contributed by atoms with Gasteiger partial charge in [-0.2, -0.15) is 0 Å². The SMILES string of the molecule is CN(C)CCCNC1=NCC(N)N1. The number of nitrogens with one attached hydrogen (secondary N) is 2. The Labute approximate surface area is 79.4 Å². The highest BCUT2D eigenvalue weighted by atomic mass is 15.3. The smallest absolute Gasteiger partial charge is 0.192 e. The van der Waals surface area contributed by atoms with Crippen LogP contribution in [0.1, 0.15) is 6.42 Å². The Morgan fingerprint density at radius 2 is 2.46 bits per heavy atom. The fraction of sp³-hybridized carbons (Fsp3) is 0.875. The van der Waals surface area contributed by atoms with Crippen molar-refractivity contribution in [2.24, 2.45) is 10.7 Å². The monoisotopic (exact) mass is 185 g/mol. The van der Waals surface area contributed by atoms with E-state index in [-0.39, 0.29) is 6.17 Å². The van der Waals surface area contributed by atoms with Gasteiger partial charge in [0.15, 0.2) is 5.96 Å². The van der Waals surface area contributed by atoms with Crippen molar-refractivity contribution in [3.63, 3.8) is 0 Å². The van der Waals surface area contributed by atoms with Gasteiger partial charge in [-0.1, -0.05) is 0 Å². The molecule has 0 aliphatic carbocycles. The number of nitrogens with two attached hydrogens (primary N) is 1. The average Bonchev–Trinajstić information content (AvgIpc) is 2.45. The van der Waals surface area contributed by atoms with Crippen LogP contribution >= 0.6 is 0 Å². The number of hydrogen-bond acceptors (Lipinski definition) is 5. The van der Waals surface area contributed by atoms with Gasteiger partial charge < -0.3 is 21.3 Å². The van der Waals surface area contributed by atoms with Crippen molar-refractivity contribution in [1.82, 2.24) is 15.5 Å². The molecule has 0 saturated carbocycles. The summed E-state index contributed by atoms with van der Waals surface area (Å²) in [6.45, 7) is 2.71. The Morgan fingerprint density at radius 3 is 3.00 bits per heavy atom. The first-order valence-electron chi connectivity index (χ1n) is 4.63. The molecule has 4 N–H and O–H groups in total. The van der Waals surface area contributed by atoms with E-state index in [0.717, 1.165) is 25.5 Å². The number of guanidine groups is 1. The highest BCUT2D eigenvalue weighted by Crippen LogP contribution is 1.87. The van der Waals surface area contributed by atoms with E-state index in [1.165, 1.54) is 0 Å². The van der Waals surface area contributed by atoms with E-state index in [0.29, 0.717) is 6.54 Å². The van der Waals surface area contributed by atoms with Crippen molar-refractivity contribution in [2.45, 2.75) is 12.6 Å². The van der Waals surface area contributed by atoms with E-state index in [1.807, 2.05) is 0 Å². The number of rotatable bonds is 4. The van der Waals surface area contributed by atoms with Gasteiger partial charge in [0.2, 0.25) is 0 Å². The van der Waals surface area contributed by atoms with Gasteiger partial charge in [0, 0.05) is 6.54 Å². The Bertz CT molecular complexity index is 177. The Hall–Kier alpha value is -0.810. The lowest BCUT2D eigenvalue weighted by molar-refractivity contribution is 0.399. The molecule has 1 rings (SSSR count). The van der Waals surface area contributed by atoms with Gasteiger partial charge >= 0.3 is 0 Å². The van der Waals surface area contributed by atoms with Crippen molar-refractivity contribution >= 4 is 5.96 Å². The predicted molar refractivity (Wildman–Crippen MR) is 54.6 cm³/mol. The molecule has 1 aliphatic heterocycles. The quantitative estimate of drug-likeness (QED) is 0.480. The molecule has 0 radical (unpaired) electrons. The molecule has 0 bridgehead atoms. The second-order valence-electron chi connectivity index (χ2n) is 3.52. The molecule has 1 atom stereocenters. The molecule has 0 aromatic carbocycles. The lowest BCUT2D eigenvalue weighted by atomic mass is 10.4. The first-order chi connectivity index (χ1) is 6.18. The van der Waals surface area contributed by atoms with Gasteiger partial charge in [0.05, 0.1) is 12.7 Å². The molecule has 0 spiro atoms. The molecule has 1 heterocycles. The molecule has 5 heteroatoms. The summed E-state index contributed by atoms with van der Waals surface area (Å²) in [6.07, 6.45) is 1.11. The highest BCUT2D eigenvalue weighted by Gasteiger charge is 2.11. The predicted octanol–water partition coefficient (Wildman–Crippen LogP) is -1.23. The summed E-state index contributed by atoms with van der Waals surface area (Å²) in [6, 6.07) is 0. The lowest BCUT2D eigenvalue weighted by Gasteiger charge is -2.11. The molecular weight excluding hydrogens is 166 g/mol.